The van der Waals surface area contributed by atoms with Crippen molar-refractivity contribution >= 4 is 22.6 Å². The minimum Gasteiger partial charge on any atom is -0.455 e. The van der Waals surface area contributed by atoms with Crippen LogP contribution in [0.15, 0.2) is 29.4 Å². The number of fused-ring (bicyclic) bond motifs is 3. The van der Waals surface area contributed by atoms with Crippen molar-refractivity contribution in [3.05, 3.63) is 35.5 Å². The van der Waals surface area contributed by atoms with E-state index >= 15 is 0 Å². The summed E-state index contributed by atoms with van der Waals surface area (Å²) in [7, 11) is 0. The molecule has 0 saturated carbocycles. The third kappa shape index (κ3) is 2.49. The molecule has 5 heterocycles. The first-order valence-corrected chi connectivity index (χ1v) is 9.21. The Bertz CT molecular complexity index is 869. The zero-order valence-corrected chi connectivity index (χ0v) is 14.9. The van der Waals surface area contributed by atoms with E-state index in [1.807, 2.05) is 6.20 Å². The van der Waals surface area contributed by atoms with Crippen molar-refractivity contribution in [1.29, 1.82) is 0 Å². The van der Waals surface area contributed by atoms with Gasteiger partial charge in [0.2, 0.25) is 0 Å². The van der Waals surface area contributed by atoms with Gasteiger partial charge in [-0.2, -0.15) is 0 Å². The molecule has 4 aliphatic rings. The molecule has 25 heavy (non-hydrogen) atoms. The summed E-state index contributed by atoms with van der Waals surface area (Å²) in [6, 6.07) is 7.10. The average molecular weight is 336 g/mol. The Labute approximate surface area is 148 Å². The largest absolute Gasteiger partial charge is 0.455 e. The Morgan fingerprint density at radius 3 is 2.80 bits per heavy atom. The summed E-state index contributed by atoms with van der Waals surface area (Å²) < 4.78 is 6.34. The zero-order valence-electron chi connectivity index (χ0n) is 14.9. The summed E-state index contributed by atoms with van der Waals surface area (Å²) in [5, 5.41) is 5.70. The molecule has 4 aliphatic heterocycles. The van der Waals surface area contributed by atoms with E-state index in [4.69, 9.17) is 4.74 Å². The SMILES string of the molecule is Cc1cc(C)c2cnc(NC3=NCC4(CN5CCC4CC5)O3)cc2c1. The lowest BCUT2D eigenvalue weighted by Gasteiger charge is -2.50. The number of ether oxygens (including phenoxy) is 1. The van der Waals surface area contributed by atoms with Gasteiger partial charge in [-0.15, -0.1) is 0 Å². The first-order chi connectivity index (χ1) is 12.1. The normalized spacial score (nSPS) is 30.6. The van der Waals surface area contributed by atoms with E-state index in [0.29, 0.717) is 11.9 Å². The Morgan fingerprint density at radius 1 is 1.20 bits per heavy atom. The van der Waals surface area contributed by atoms with Gasteiger partial charge in [0, 0.05) is 24.0 Å². The Hall–Kier alpha value is -2.14. The van der Waals surface area contributed by atoms with Gasteiger partial charge >= 0.3 is 0 Å². The predicted molar refractivity (Wildman–Crippen MR) is 100 cm³/mol. The fourth-order valence-corrected chi connectivity index (χ4v) is 4.75. The highest BCUT2D eigenvalue weighted by molar-refractivity contribution is 5.93. The second-order valence-corrected chi connectivity index (χ2v) is 7.84. The van der Waals surface area contributed by atoms with Gasteiger partial charge in [0.05, 0.1) is 6.54 Å². The smallest absolute Gasteiger partial charge is 0.291 e. The van der Waals surface area contributed by atoms with Crippen molar-refractivity contribution in [3.8, 4) is 0 Å². The number of nitrogens with zero attached hydrogens (tertiary/aromatic N) is 3. The number of amidine groups is 1. The first kappa shape index (κ1) is 15.1. The van der Waals surface area contributed by atoms with Crippen LogP contribution in [0.1, 0.15) is 24.0 Å². The number of nitrogens with one attached hydrogen (secondary N) is 1. The molecular formula is C20H24N4O. The van der Waals surface area contributed by atoms with Crippen LogP contribution < -0.4 is 5.32 Å². The third-order valence-corrected chi connectivity index (χ3v) is 6.04. The molecule has 2 bridgehead atoms. The van der Waals surface area contributed by atoms with E-state index in [2.05, 4.69) is 52.2 Å². The van der Waals surface area contributed by atoms with Crippen LogP contribution in [0, 0.1) is 19.8 Å². The number of aromatic nitrogens is 1. The first-order valence-electron chi connectivity index (χ1n) is 9.21. The molecule has 3 fully saturated rings. The maximum atomic E-state index is 6.34. The molecule has 1 spiro atoms. The summed E-state index contributed by atoms with van der Waals surface area (Å²) in [5.41, 5.74) is 2.42. The van der Waals surface area contributed by atoms with E-state index in [1.54, 1.807) is 0 Å². The molecule has 1 aromatic carbocycles. The van der Waals surface area contributed by atoms with Crippen molar-refractivity contribution in [2.24, 2.45) is 10.9 Å². The van der Waals surface area contributed by atoms with Crippen LogP contribution >= 0.6 is 0 Å². The number of aryl methyl sites for hydroxylation is 2. The van der Waals surface area contributed by atoms with E-state index in [1.165, 1.54) is 47.8 Å². The highest BCUT2D eigenvalue weighted by Crippen LogP contribution is 2.40. The molecular weight excluding hydrogens is 312 g/mol. The number of benzene rings is 1. The molecule has 1 aromatic heterocycles. The molecule has 2 aromatic rings. The van der Waals surface area contributed by atoms with Gasteiger partial charge in [0.25, 0.3) is 6.02 Å². The van der Waals surface area contributed by atoms with Crippen LogP contribution in [-0.4, -0.2) is 47.7 Å². The molecule has 1 atom stereocenters. The number of hydrogen-bond acceptors (Lipinski definition) is 5. The Morgan fingerprint density at radius 2 is 2.04 bits per heavy atom. The van der Waals surface area contributed by atoms with E-state index in [-0.39, 0.29) is 5.60 Å². The van der Waals surface area contributed by atoms with Gasteiger partial charge in [-0.3, -0.25) is 10.2 Å². The fourth-order valence-electron chi connectivity index (χ4n) is 4.75. The quantitative estimate of drug-likeness (QED) is 0.869. The minimum atomic E-state index is -0.108. The lowest BCUT2D eigenvalue weighted by molar-refractivity contribution is -0.0829. The lowest BCUT2D eigenvalue weighted by Crippen LogP contribution is -2.61. The summed E-state index contributed by atoms with van der Waals surface area (Å²) in [6.07, 6.45) is 4.40. The standard InChI is InChI=1S/C20H24N4O/c1-13-7-14(2)17-10-21-18(9-15(17)8-13)23-19-22-11-20(25-19)12-24-5-3-16(20)4-6-24/h7-10,16H,3-6,11-12H2,1-2H3,(H,21,22,23). The molecule has 1 unspecified atom stereocenters. The monoisotopic (exact) mass is 336 g/mol. The Balaban J connectivity index is 1.37. The number of hydrogen-bond donors (Lipinski definition) is 1. The lowest BCUT2D eigenvalue weighted by atomic mass is 9.75. The van der Waals surface area contributed by atoms with Gasteiger partial charge in [0.1, 0.15) is 11.4 Å². The summed E-state index contributed by atoms with van der Waals surface area (Å²) in [4.78, 5) is 11.7. The van der Waals surface area contributed by atoms with Crippen LogP contribution in [0.3, 0.4) is 0 Å². The second-order valence-electron chi connectivity index (χ2n) is 7.84. The minimum absolute atomic E-state index is 0.108. The topological polar surface area (TPSA) is 49.8 Å². The summed E-state index contributed by atoms with van der Waals surface area (Å²) in [6.45, 7) is 8.46. The van der Waals surface area contributed by atoms with E-state index < -0.39 is 0 Å². The number of anilines is 1. The molecule has 0 radical (unpaired) electrons. The number of aliphatic imine (C=N–C) groups is 1. The maximum absolute atomic E-state index is 6.34. The van der Waals surface area contributed by atoms with E-state index in [9.17, 15) is 0 Å². The third-order valence-electron chi connectivity index (χ3n) is 6.04. The van der Waals surface area contributed by atoms with Crippen LogP contribution in [-0.2, 0) is 4.74 Å². The van der Waals surface area contributed by atoms with Crippen molar-refractivity contribution in [1.82, 2.24) is 9.88 Å². The van der Waals surface area contributed by atoms with Crippen LogP contribution in [0.25, 0.3) is 10.8 Å². The number of rotatable bonds is 1. The molecule has 1 N–H and O–H groups in total. The maximum Gasteiger partial charge on any atom is 0.291 e. The predicted octanol–water partition coefficient (Wildman–Crippen LogP) is 3.11. The molecule has 5 nitrogen and oxygen atoms in total. The van der Waals surface area contributed by atoms with Crippen molar-refractivity contribution in [3.63, 3.8) is 0 Å². The van der Waals surface area contributed by atoms with Crippen molar-refractivity contribution in [2.75, 3.05) is 31.5 Å². The summed E-state index contributed by atoms with van der Waals surface area (Å²) >= 11 is 0. The van der Waals surface area contributed by atoms with Gasteiger partial charge in [0.15, 0.2) is 0 Å². The highest BCUT2D eigenvalue weighted by atomic mass is 16.5. The van der Waals surface area contributed by atoms with Crippen LogP contribution in [0.4, 0.5) is 5.82 Å². The molecule has 3 saturated heterocycles. The second kappa shape index (κ2) is 5.43. The number of pyridine rings is 1. The Kier molecular flexibility index (Phi) is 3.29. The van der Waals surface area contributed by atoms with Crippen molar-refractivity contribution < 1.29 is 4.74 Å². The van der Waals surface area contributed by atoms with E-state index in [0.717, 1.165) is 18.9 Å². The van der Waals surface area contributed by atoms with Crippen molar-refractivity contribution in [2.45, 2.75) is 32.3 Å². The highest BCUT2D eigenvalue weighted by Gasteiger charge is 2.51. The van der Waals surface area contributed by atoms with Gasteiger partial charge < -0.3 is 4.74 Å². The summed E-state index contributed by atoms with van der Waals surface area (Å²) in [5.74, 6) is 1.44. The number of piperidine rings is 3. The van der Waals surface area contributed by atoms with Crippen LogP contribution in [0.5, 0.6) is 0 Å². The fraction of sp³-hybridized carbons (Fsp3) is 0.500. The average Bonchev–Trinajstić information content (AvgIpc) is 2.97. The molecule has 130 valence electrons. The molecule has 0 aliphatic carbocycles. The molecule has 0 amide bonds. The molecule has 5 heteroatoms. The molecule has 6 rings (SSSR count). The van der Waals surface area contributed by atoms with Crippen LogP contribution in [0.2, 0.25) is 0 Å². The van der Waals surface area contributed by atoms with Gasteiger partial charge in [-0.1, -0.05) is 17.7 Å². The van der Waals surface area contributed by atoms with Gasteiger partial charge in [-0.25, -0.2) is 9.98 Å². The van der Waals surface area contributed by atoms with Gasteiger partial charge in [-0.05, 0) is 56.8 Å². The zero-order chi connectivity index (χ0) is 17.0.